The van der Waals surface area contributed by atoms with E-state index in [0.717, 1.165) is 21.9 Å². The smallest absolute Gasteiger partial charge is 0.325 e. The number of nitrogens with one attached hydrogen (secondary N) is 2. The molecule has 7 nitrogen and oxygen atoms in total. The van der Waals surface area contributed by atoms with Gasteiger partial charge in [0.1, 0.15) is 11.3 Å². The molecule has 2 N–H and O–H groups in total. The van der Waals surface area contributed by atoms with Gasteiger partial charge in [-0.25, -0.2) is 4.79 Å². The summed E-state index contributed by atoms with van der Waals surface area (Å²) in [6, 6.07) is 27.0. The van der Waals surface area contributed by atoms with Crippen LogP contribution in [0.3, 0.4) is 0 Å². The van der Waals surface area contributed by atoms with E-state index in [0.29, 0.717) is 17.0 Å². The number of benzene rings is 4. The molecule has 1 heterocycles. The average molecular weight is 480 g/mol. The van der Waals surface area contributed by atoms with Gasteiger partial charge in [0, 0.05) is 11.3 Å². The van der Waals surface area contributed by atoms with E-state index in [1.807, 2.05) is 42.5 Å². The van der Waals surface area contributed by atoms with Crippen LogP contribution in [-0.4, -0.2) is 29.9 Å². The van der Waals surface area contributed by atoms with Gasteiger partial charge in [0.05, 0.1) is 13.7 Å². The third-order valence-electron chi connectivity index (χ3n) is 6.51. The SMILES string of the molecule is COc1ccc(NC(=O)c2ccc(CN3C(=O)NC(C)(c4cccc5ccccc45)C3=O)cc2)cc1. The lowest BCUT2D eigenvalue weighted by molar-refractivity contribution is -0.131. The molecule has 36 heavy (non-hydrogen) atoms. The fraction of sp³-hybridized carbons (Fsp3) is 0.138. The summed E-state index contributed by atoms with van der Waals surface area (Å²) in [6.07, 6.45) is 0. The zero-order chi connectivity index (χ0) is 25.3. The van der Waals surface area contributed by atoms with Crippen molar-refractivity contribution < 1.29 is 19.1 Å². The van der Waals surface area contributed by atoms with Crippen molar-refractivity contribution in [3.8, 4) is 5.75 Å². The minimum absolute atomic E-state index is 0.103. The third kappa shape index (κ3) is 4.15. The second-order valence-electron chi connectivity index (χ2n) is 8.85. The molecule has 1 aliphatic rings. The number of fused-ring (bicyclic) bond motifs is 1. The minimum atomic E-state index is -1.17. The molecule has 7 heteroatoms. The normalized spacial score (nSPS) is 17.2. The molecule has 1 unspecified atom stereocenters. The van der Waals surface area contributed by atoms with Crippen molar-refractivity contribution in [3.05, 3.63) is 108 Å². The number of methoxy groups -OCH3 is 1. The second kappa shape index (κ2) is 9.19. The van der Waals surface area contributed by atoms with Gasteiger partial charge >= 0.3 is 6.03 Å². The number of amides is 4. The number of urea groups is 1. The zero-order valence-corrected chi connectivity index (χ0v) is 19.9. The molecule has 4 amide bonds. The Morgan fingerprint density at radius 3 is 2.33 bits per heavy atom. The molecule has 1 atom stereocenters. The fourth-order valence-electron chi connectivity index (χ4n) is 4.51. The second-order valence-corrected chi connectivity index (χ2v) is 8.85. The maximum atomic E-state index is 13.5. The van der Waals surface area contributed by atoms with Gasteiger partial charge in [0.15, 0.2) is 0 Å². The van der Waals surface area contributed by atoms with Crippen molar-refractivity contribution in [1.82, 2.24) is 10.2 Å². The van der Waals surface area contributed by atoms with Crippen molar-refractivity contribution in [2.75, 3.05) is 12.4 Å². The first-order chi connectivity index (χ1) is 17.4. The Balaban J connectivity index is 1.31. The van der Waals surface area contributed by atoms with Crippen molar-refractivity contribution in [3.63, 3.8) is 0 Å². The molecule has 0 aromatic heterocycles. The van der Waals surface area contributed by atoms with Crippen LogP contribution in [0.1, 0.15) is 28.4 Å². The molecular formula is C29H25N3O4. The first-order valence-corrected chi connectivity index (χ1v) is 11.6. The lowest BCUT2D eigenvalue weighted by atomic mass is 9.88. The zero-order valence-electron chi connectivity index (χ0n) is 19.9. The number of hydrogen-bond acceptors (Lipinski definition) is 4. The predicted octanol–water partition coefficient (Wildman–Crippen LogP) is 5.07. The van der Waals surface area contributed by atoms with Crippen molar-refractivity contribution >= 4 is 34.3 Å². The van der Waals surface area contributed by atoms with E-state index in [2.05, 4.69) is 10.6 Å². The molecule has 5 rings (SSSR count). The molecule has 4 aromatic carbocycles. The molecule has 0 radical (unpaired) electrons. The van der Waals surface area contributed by atoms with Gasteiger partial charge in [0.25, 0.3) is 11.8 Å². The number of rotatable bonds is 6. The number of carbonyl (C=O) groups is 3. The summed E-state index contributed by atoms with van der Waals surface area (Å²) in [5.74, 6) is 0.129. The van der Waals surface area contributed by atoms with Crippen LogP contribution in [0.5, 0.6) is 5.75 Å². The van der Waals surface area contributed by atoms with E-state index in [4.69, 9.17) is 4.74 Å². The Morgan fingerprint density at radius 1 is 0.917 bits per heavy atom. The summed E-state index contributed by atoms with van der Waals surface area (Å²) in [4.78, 5) is 40.2. The van der Waals surface area contributed by atoms with Gasteiger partial charge < -0.3 is 15.4 Å². The lowest BCUT2D eigenvalue weighted by Crippen LogP contribution is -2.41. The molecule has 4 aromatic rings. The van der Waals surface area contributed by atoms with Crippen LogP contribution in [-0.2, 0) is 16.9 Å². The predicted molar refractivity (Wildman–Crippen MR) is 138 cm³/mol. The molecule has 0 spiro atoms. The molecule has 0 aliphatic carbocycles. The largest absolute Gasteiger partial charge is 0.497 e. The number of ether oxygens (including phenoxy) is 1. The minimum Gasteiger partial charge on any atom is -0.497 e. The Hall–Kier alpha value is -4.65. The van der Waals surface area contributed by atoms with Crippen LogP contribution in [0.25, 0.3) is 10.8 Å². The van der Waals surface area contributed by atoms with Gasteiger partial charge in [-0.2, -0.15) is 0 Å². The number of imide groups is 1. The highest BCUT2D eigenvalue weighted by atomic mass is 16.5. The molecule has 0 bridgehead atoms. The van der Waals surface area contributed by atoms with E-state index < -0.39 is 11.6 Å². The van der Waals surface area contributed by atoms with Crippen LogP contribution in [0, 0.1) is 0 Å². The van der Waals surface area contributed by atoms with Gasteiger partial charge in [-0.05, 0) is 65.2 Å². The number of anilines is 1. The summed E-state index contributed by atoms with van der Waals surface area (Å²) in [6.45, 7) is 1.84. The van der Waals surface area contributed by atoms with Gasteiger partial charge in [-0.3, -0.25) is 14.5 Å². The Kier molecular flexibility index (Phi) is 5.90. The van der Waals surface area contributed by atoms with E-state index in [1.165, 1.54) is 4.90 Å². The van der Waals surface area contributed by atoms with Crippen LogP contribution in [0.4, 0.5) is 10.5 Å². The average Bonchev–Trinajstić information content (AvgIpc) is 3.12. The van der Waals surface area contributed by atoms with Crippen molar-refractivity contribution in [2.45, 2.75) is 19.0 Å². The summed E-state index contributed by atoms with van der Waals surface area (Å²) in [7, 11) is 1.58. The van der Waals surface area contributed by atoms with Gasteiger partial charge in [-0.1, -0.05) is 54.6 Å². The van der Waals surface area contributed by atoms with Crippen molar-refractivity contribution in [2.24, 2.45) is 0 Å². The summed E-state index contributed by atoms with van der Waals surface area (Å²) < 4.78 is 5.13. The van der Waals surface area contributed by atoms with Crippen molar-refractivity contribution in [1.29, 1.82) is 0 Å². The van der Waals surface area contributed by atoms with E-state index in [-0.39, 0.29) is 18.4 Å². The van der Waals surface area contributed by atoms with Crippen LogP contribution < -0.4 is 15.4 Å². The third-order valence-corrected chi connectivity index (χ3v) is 6.51. The summed E-state index contributed by atoms with van der Waals surface area (Å²) >= 11 is 0. The highest BCUT2D eigenvalue weighted by Gasteiger charge is 2.49. The first kappa shape index (κ1) is 23.1. The Bertz CT molecular complexity index is 1460. The monoisotopic (exact) mass is 479 g/mol. The first-order valence-electron chi connectivity index (χ1n) is 11.6. The quantitative estimate of drug-likeness (QED) is 0.378. The number of carbonyl (C=O) groups excluding carboxylic acids is 3. The van der Waals surface area contributed by atoms with E-state index in [9.17, 15) is 14.4 Å². The summed E-state index contributed by atoms with van der Waals surface area (Å²) in [5, 5.41) is 7.65. The number of hydrogen-bond donors (Lipinski definition) is 2. The fourth-order valence-corrected chi connectivity index (χ4v) is 4.51. The molecule has 1 saturated heterocycles. The molecule has 1 aliphatic heterocycles. The van der Waals surface area contributed by atoms with Crippen LogP contribution in [0.2, 0.25) is 0 Å². The maximum Gasteiger partial charge on any atom is 0.325 e. The highest BCUT2D eigenvalue weighted by molar-refractivity contribution is 6.09. The highest BCUT2D eigenvalue weighted by Crippen LogP contribution is 2.34. The van der Waals surface area contributed by atoms with E-state index in [1.54, 1.807) is 62.6 Å². The molecule has 0 saturated carbocycles. The van der Waals surface area contributed by atoms with Crippen LogP contribution >= 0.6 is 0 Å². The van der Waals surface area contributed by atoms with Gasteiger partial charge in [0.2, 0.25) is 0 Å². The maximum absolute atomic E-state index is 13.5. The van der Waals surface area contributed by atoms with Crippen LogP contribution in [0.15, 0.2) is 91.0 Å². The molecule has 1 fully saturated rings. The number of nitrogens with zero attached hydrogens (tertiary/aromatic N) is 1. The Morgan fingerprint density at radius 2 is 1.61 bits per heavy atom. The standard InChI is InChI=1S/C29H25N3O4/c1-29(25-9-5-7-20-6-3-4-8-24(20)25)27(34)32(28(35)31-29)18-19-10-12-21(13-11-19)26(33)30-22-14-16-23(36-2)17-15-22/h3-17H,18H2,1-2H3,(H,30,33)(H,31,35). The topological polar surface area (TPSA) is 87.7 Å². The Labute approximate surface area is 208 Å². The van der Waals surface area contributed by atoms with Gasteiger partial charge in [-0.15, -0.1) is 0 Å². The lowest BCUT2D eigenvalue weighted by Gasteiger charge is -2.24. The molecular weight excluding hydrogens is 454 g/mol. The molecule has 180 valence electrons. The summed E-state index contributed by atoms with van der Waals surface area (Å²) in [5.41, 5.74) is 1.44. The van der Waals surface area contributed by atoms with E-state index >= 15 is 0 Å².